The van der Waals surface area contributed by atoms with Gasteiger partial charge in [0.2, 0.25) is 0 Å². The summed E-state index contributed by atoms with van der Waals surface area (Å²) in [5.41, 5.74) is 0.999. The van der Waals surface area contributed by atoms with E-state index < -0.39 is 0 Å². The Hall–Kier alpha value is 0.690. The van der Waals surface area contributed by atoms with Crippen molar-refractivity contribution in [1.29, 1.82) is 0 Å². The molecule has 1 aromatic carbocycles. The summed E-state index contributed by atoms with van der Waals surface area (Å²) in [5.74, 6) is 0.414. The van der Waals surface area contributed by atoms with Crippen LogP contribution in [-0.4, -0.2) is 24.7 Å². The van der Waals surface area contributed by atoms with Crippen molar-refractivity contribution in [1.82, 2.24) is 10.6 Å². The van der Waals surface area contributed by atoms with Crippen molar-refractivity contribution in [3.63, 3.8) is 0 Å². The number of rotatable bonds is 1. The van der Waals surface area contributed by atoms with E-state index in [4.69, 9.17) is 0 Å². The van der Waals surface area contributed by atoms with Crippen LogP contribution < -0.4 is 10.6 Å². The first-order chi connectivity index (χ1) is 7.18. The SMILES string of the molecule is Cl.Oc1c(I)cc(I)cc1[C@H]1CNCCN1. The fraction of sp³-hybridized carbons (Fsp3) is 0.400. The highest BCUT2D eigenvalue weighted by Gasteiger charge is 2.19. The van der Waals surface area contributed by atoms with Gasteiger partial charge in [-0.15, -0.1) is 12.4 Å². The molecule has 3 N–H and O–H groups in total. The molecule has 1 saturated heterocycles. The summed E-state index contributed by atoms with van der Waals surface area (Å²) in [6.45, 7) is 2.83. The van der Waals surface area contributed by atoms with Gasteiger partial charge in [-0.2, -0.15) is 0 Å². The lowest BCUT2D eigenvalue weighted by molar-refractivity contribution is 0.403. The molecule has 16 heavy (non-hydrogen) atoms. The Balaban J connectivity index is 0.00000128. The first-order valence-corrected chi connectivity index (χ1v) is 6.96. The Kier molecular flexibility index (Phi) is 6.06. The molecular formula is C10H13ClI2N2O. The molecule has 0 bridgehead atoms. The molecule has 0 radical (unpaired) electrons. The van der Waals surface area contributed by atoms with Gasteiger partial charge in [0.25, 0.3) is 0 Å². The van der Waals surface area contributed by atoms with Crippen molar-refractivity contribution >= 4 is 57.6 Å². The van der Waals surface area contributed by atoms with E-state index in [1.807, 2.05) is 12.1 Å². The second-order valence-electron chi connectivity index (χ2n) is 3.54. The molecule has 90 valence electrons. The maximum Gasteiger partial charge on any atom is 0.133 e. The molecule has 1 aliphatic rings. The Morgan fingerprint density at radius 2 is 2.00 bits per heavy atom. The molecule has 1 heterocycles. The van der Waals surface area contributed by atoms with Gasteiger partial charge in [0.1, 0.15) is 5.75 Å². The van der Waals surface area contributed by atoms with Crippen LogP contribution in [0.4, 0.5) is 0 Å². The molecular weight excluding hydrogens is 453 g/mol. The molecule has 2 rings (SSSR count). The normalized spacial score (nSPS) is 20.2. The van der Waals surface area contributed by atoms with E-state index in [9.17, 15) is 5.11 Å². The lowest BCUT2D eigenvalue weighted by Crippen LogP contribution is -2.42. The van der Waals surface area contributed by atoms with Crippen molar-refractivity contribution in [2.75, 3.05) is 19.6 Å². The number of aromatic hydroxyl groups is 1. The minimum Gasteiger partial charge on any atom is -0.506 e. The van der Waals surface area contributed by atoms with E-state index in [-0.39, 0.29) is 18.4 Å². The van der Waals surface area contributed by atoms with Gasteiger partial charge in [0.05, 0.1) is 3.57 Å². The summed E-state index contributed by atoms with van der Waals surface area (Å²) < 4.78 is 2.08. The van der Waals surface area contributed by atoms with Gasteiger partial charge in [-0.25, -0.2) is 0 Å². The van der Waals surface area contributed by atoms with Crippen LogP contribution in [0.1, 0.15) is 11.6 Å². The molecule has 1 atom stereocenters. The zero-order chi connectivity index (χ0) is 10.8. The number of phenolic OH excluding ortho intramolecular Hbond substituents is 1. The van der Waals surface area contributed by atoms with Gasteiger partial charge in [-0.3, -0.25) is 0 Å². The lowest BCUT2D eigenvalue weighted by Gasteiger charge is -2.26. The molecule has 6 heteroatoms. The Labute approximate surface area is 128 Å². The van der Waals surface area contributed by atoms with Gasteiger partial charge in [0.15, 0.2) is 0 Å². The van der Waals surface area contributed by atoms with Crippen LogP contribution >= 0.6 is 57.6 Å². The van der Waals surface area contributed by atoms with E-state index >= 15 is 0 Å². The largest absolute Gasteiger partial charge is 0.506 e. The van der Waals surface area contributed by atoms with Crippen LogP contribution in [0.3, 0.4) is 0 Å². The van der Waals surface area contributed by atoms with E-state index in [1.54, 1.807) is 0 Å². The molecule has 0 aliphatic carbocycles. The second kappa shape index (κ2) is 6.58. The van der Waals surface area contributed by atoms with Crippen LogP contribution in [0, 0.1) is 7.14 Å². The number of halogens is 3. The average Bonchev–Trinajstić information content (AvgIpc) is 2.24. The number of hydrogen-bond acceptors (Lipinski definition) is 3. The van der Waals surface area contributed by atoms with Crippen LogP contribution in [0.25, 0.3) is 0 Å². The van der Waals surface area contributed by atoms with Crippen LogP contribution in [0.5, 0.6) is 5.75 Å². The topological polar surface area (TPSA) is 44.3 Å². The summed E-state index contributed by atoms with van der Waals surface area (Å²) in [5, 5.41) is 16.7. The monoisotopic (exact) mass is 466 g/mol. The number of phenols is 1. The van der Waals surface area contributed by atoms with Gasteiger partial charge in [-0.1, -0.05) is 0 Å². The fourth-order valence-electron chi connectivity index (χ4n) is 1.72. The Morgan fingerprint density at radius 1 is 1.25 bits per heavy atom. The van der Waals surface area contributed by atoms with Crippen LogP contribution in [-0.2, 0) is 0 Å². The van der Waals surface area contributed by atoms with Gasteiger partial charge < -0.3 is 15.7 Å². The third-order valence-corrected chi connectivity index (χ3v) is 3.92. The highest BCUT2D eigenvalue weighted by molar-refractivity contribution is 14.1. The molecule has 0 saturated carbocycles. The second-order valence-corrected chi connectivity index (χ2v) is 5.94. The third-order valence-electron chi connectivity index (χ3n) is 2.47. The molecule has 1 aromatic rings. The summed E-state index contributed by atoms with van der Waals surface area (Å²) in [4.78, 5) is 0. The number of benzene rings is 1. The van der Waals surface area contributed by atoms with Gasteiger partial charge >= 0.3 is 0 Å². The molecule has 1 fully saturated rings. The van der Waals surface area contributed by atoms with Crippen molar-refractivity contribution in [2.45, 2.75) is 6.04 Å². The quantitative estimate of drug-likeness (QED) is 0.557. The average molecular weight is 466 g/mol. The van der Waals surface area contributed by atoms with Gasteiger partial charge in [0, 0.05) is 34.8 Å². The van der Waals surface area contributed by atoms with E-state index in [0.717, 1.165) is 32.3 Å². The summed E-state index contributed by atoms with van der Waals surface area (Å²) in [7, 11) is 0. The van der Waals surface area contributed by atoms with Crippen molar-refractivity contribution in [3.8, 4) is 5.75 Å². The summed E-state index contributed by atoms with van der Waals surface area (Å²) in [6.07, 6.45) is 0. The van der Waals surface area contributed by atoms with Crippen LogP contribution in [0.15, 0.2) is 12.1 Å². The predicted octanol–water partition coefficient (Wildman–Crippen LogP) is 2.26. The smallest absolute Gasteiger partial charge is 0.133 e. The lowest BCUT2D eigenvalue weighted by atomic mass is 10.0. The van der Waals surface area contributed by atoms with Crippen molar-refractivity contribution < 1.29 is 5.11 Å². The number of nitrogens with one attached hydrogen (secondary N) is 2. The fourth-order valence-corrected chi connectivity index (χ4v) is 3.61. The maximum atomic E-state index is 10.00. The maximum absolute atomic E-state index is 10.00. The number of piperazine rings is 1. The summed E-state index contributed by atoms with van der Waals surface area (Å²) >= 11 is 4.45. The first kappa shape index (κ1) is 14.7. The minimum atomic E-state index is 0. The third kappa shape index (κ3) is 3.34. The van der Waals surface area contributed by atoms with E-state index in [2.05, 4.69) is 55.8 Å². The van der Waals surface area contributed by atoms with Crippen LogP contribution in [0.2, 0.25) is 0 Å². The van der Waals surface area contributed by atoms with Gasteiger partial charge in [-0.05, 0) is 57.3 Å². The predicted molar refractivity (Wildman–Crippen MR) is 84.4 cm³/mol. The number of hydrogen-bond donors (Lipinski definition) is 3. The molecule has 1 aliphatic heterocycles. The van der Waals surface area contributed by atoms with E-state index in [1.165, 1.54) is 0 Å². The molecule has 0 amide bonds. The molecule has 0 aromatic heterocycles. The Morgan fingerprint density at radius 3 is 2.62 bits per heavy atom. The standard InChI is InChI=1S/C10H12I2N2O.ClH/c11-6-3-7(10(15)8(12)4-6)9-5-13-1-2-14-9;/h3-4,9,13-15H,1-2,5H2;1H/t9-;/m1./s1. The molecule has 0 spiro atoms. The zero-order valence-electron chi connectivity index (χ0n) is 8.46. The highest BCUT2D eigenvalue weighted by atomic mass is 127. The minimum absolute atomic E-state index is 0. The first-order valence-electron chi connectivity index (χ1n) is 4.80. The Bertz CT molecular complexity index is 370. The van der Waals surface area contributed by atoms with E-state index in [0.29, 0.717) is 5.75 Å². The highest BCUT2D eigenvalue weighted by Crippen LogP contribution is 2.31. The van der Waals surface area contributed by atoms with Crippen molar-refractivity contribution in [3.05, 3.63) is 24.8 Å². The summed E-state index contributed by atoms with van der Waals surface area (Å²) in [6, 6.07) is 4.25. The molecule has 0 unspecified atom stereocenters. The van der Waals surface area contributed by atoms with Crippen molar-refractivity contribution in [2.24, 2.45) is 0 Å². The zero-order valence-corrected chi connectivity index (χ0v) is 13.6. The molecule has 3 nitrogen and oxygen atoms in total.